The van der Waals surface area contributed by atoms with E-state index in [1.807, 2.05) is 60.7 Å². The van der Waals surface area contributed by atoms with Crippen LogP contribution in [-0.2, 0) is 6.61 Å². The van der Waals surface area contributed by atoms with E-state index < -0.39 is 0 Å². The first kappa shape index (κ1) is 39.8. The molecule has 2 N–H and O–H groups in total. The third-order valence-corrected chi connectivity index (χ3v) is 10.1. The molecule has 0 aliphatic carbocycles. The van der Waals surface area contributed by atoms with Gasteiger partial charge in [0, 0.05) is 99.4 Å². The SMILES string of the molecule is CC(C)(C)[C@H]1CN(c2cc(Cl)nc(-c3ccncc3)n2)CCN1.COc1ccc(COc2cc(N3CCN[C@@H](C(C)(C)C)C3)nc(-c3ccncc3)n2)cc1. The van der Waals surface area contributed by atoms with Gasteiger partial charge < -0.3 is 29.9 Å². The average Bonchev–Trinajstić information content (AvgIpc) is 3.20. The van der Waals surface area contributed by atoms with Gasteiger partial charge in [0.15, 0.2) is 11.6 Å². The third kappa shape index (κ3) is 10.9. The van der Waals surface area contributed by atoms with Crippen molar-refractivity contribution in [2.75, 3.05) is 56.2 Å². The van der Waals surface area contributed by atoms with Gasteiger partial charge in [-0.15, -0.1) is 0 Å². The third-order valence-electron chi connectivity index (χ3n) is 9.88. The molecule has 0 unspecified atom stereocenters. The summed E-state index contributed by atoms with van der Waals surface area (Å²) in [7, 11) is 1.66. The van der Waals surface area contributed by atoms with Gasteiger partial charge in [-0.2, -0.15) is 4.98 Å². The first-order valence-corrected chi connectivity index (χ1v) is 19.2. The highest BCUT2D eigenvalue weighted by molar-refractivity contribution is 6.29. The molecule has 0 amide bonds. The molecule has 5 aromatic rings. The summed E-state index contributed by atoms with van der Waals surface area (Å²) in [6.45, 7) is 19.4. The van der Waals surface area contributed by atoms with Crippen LogP contribution >= 0.6 is 11.6 Å². The molecule has 2 fully saturated rings. The Bertz CT molecular complexity index is 1970. The topological polar surface area (TPSA) is 126 Å². The maximum absolute atomic E-state index is 6.24. The highest BCUT2D eigenvalue weighted by atomic mass is 35.5. The molecule has 0 bridgehead atoms. The maximum Gasteiger partial charge on any atom is 0.219 e. The van der Waals surface area contributed by atoms with Crippen LogP contribution in [0.2, 0.25) is 5.15 Å². The van der Waals surface area contributed by atoms with E-state index in [4.69, 9.17) is 31.0 Å². The number of aromatic nitrogens is 6. The number of halogens is 1. The molecular formula is C42H53ClN10O2. The Labute approximate surface area is 330 Å². The zero-order valence-electron chi connectivity index (χ0n) is 33.0. The molecule has 13 heteroatoms. The molecule has 0 spiro atoms. The van der Waals surface area contributed by atoms with Gasteiger partial charge in [0.05, 0.1) is 7.11 Å². The van der Waals surface area contributed by atoms with Gasteiger partial charge in [0.2, 0.25) is 5.88 Å². The van der Waals surface area contributed by atoms with E-state index in [0.29, 0.717) is 41.4 Å². The summed E-state index contributed by atoms with van der Waals surface area (Å²) >= 11 is 6.24. The fourth-order valence-corrected chi connectivity index (χ4v) is 6.61. The van der Waals surface area contributed by atoms with Crippen LogP contribution < -0.4 is 29.9 Å². The molecular weight excluding hydrogens is 712 g/mol. The minimum atomic E-state index is 0.160. The van der Waals surface area contributed by atoms with Crippen molar-refractivity contribution in [2.24, 2.45) is 10.8 Å². The zero-order valence-corrected chi connectivity index (χ0v) is 33.7. The van der Waals surface area contributed by atoms with Crippen LogP contribution in [0.1, 0.15) is 47.1 Å². The molecule has 1 aromatic carbocycles. The summed E-state index contributed by atoms with van der Waals surface area (Å²) in [5.74, 6) is 4.43. The number of benzene rings is 1. The van der Waals surface area contributed by atoms with Gasteiger partial charge in [0.1, 0.15) is 29.1 Å². The Balaban J connectivity index is 0.000000197. The van der Waals surface area contributed by atoms with Crippen molar-refractivity contribution in [3.05, 3.63) is 96.2 Å². The number of nitrogens with zero attached hydrogens (tertiary/aromatic N) is 8. The average molecular weight is 765 g/mol. The minimum absolute atomic E-state index is 0.160. The quantitative estimate of drug-likeness (QED) is 0.159. The van der Waals surface area contributed by atoms with Crippen molar-refractivity contribution < 1.29 is 9.47 Å². The Morgan fingerprint density at radius 3 is 1.65 bits per heavy atom. The Kier molecular flexibility index (Phi) is 12.8. The lowest BCUT2D eigenvalue weighted by molar-refractivity contribution is 0.253. The molecule has 290 valence electrons. The maximum atomic E-state index is 6.24. The number of methoxy groups -OCH3 is 1. The lowest BCUT2D eigenvalue weighted by atomic mass is 9.85. The van der Waals surface area contributed by atoms with Crippen molar-refractivity contribution in [3.63, 3.8) is 0 Å². The Morgan fingerprint density at radius 2 is 1.16 bits per heavy atom. The summed E-state index contributed by atoms with van der Waals surface area (Å²) < 4.78 is 11.3. The smallest absolute Gasteiger partial charge is 0.219 e. The molecule has 12 nitrogen and oxygen atoms in total. The number of nitrogens with one attached hydrogen (secondary N) is 2. The number of piperazine rings is 2. The zero-order chi connectivity index (χ0) is 39.0. The van der Waals surface area contributed by atoms with Crippen molar-refractivity contribution in [1.29, 1.82) is 0 Å². The van der Waals surface area contributed by atoms with Crippen molar-refractivity contribution in [3.8, 4) is 34.4 Å². The van der Waals surface area contributed by atoms with Crippen LogP contribution in [0.3, 0.4) is 0 Å². The van der Waals surface area contributed by atoms with Gasteiger partial charge in [-0.3, -0.25) is 9.97 Å². The fourth-order valence-electron chi connectivity index (χ4n) is 6.43. The van der Waals surface area contributed by atoms with E-state index >= 15 is 0 Å². The normalized spacial score (nSPS) is 17.6. The van der Waals surface area contributed by atoms with E-state index in [-0.39, 0.29) is 10.8 Å². The molecule has 2 atom stereocenters. The predicted molar refractivity (Wildman–Crippen MR) is 220 cm³/mol. The first-order valence-electron chi connectivity index (χ1n) is 18.8. The molecule has 4 aromatic heterocycles. The molecule has 2 saturated heterocycles. The second kappa shape index (κ2) is 17.7. The number of hydrogen-bond donors (Lipinski definition) is 2. The summed E-state index contributed by atoms with van der Waals surface area (Å²) in [5, 5.41) is 7.70. The van der Waals surface area contributed by atoms with E-state index in [1.54, 1.807) is 31.9 Å². The molecule has 0 radical (unpaired) electrons. The second-order valence-electron chi connectivity index (χ2n) is 16.0. The molecule has 55 heavy (non-hydrogen) atoms. The first-order chi connectivity index (χ1) is 26.4. The van der Waals surface area contributed by atoms with Crippen molar-refractivity contribution >= 4 is 23.2 Å². The molecule has 2 aliphatic heterocycles. The summed E-state index contributed by atoms with van der Waals surface area (Å²) in [4.78, 5) is 31.4. The second-order valence-corrected chi connectivity index (χ2v) is 16.4. The molecule has 7 rings (SSSR count). The highest BCUT2D eigenvalue weighted by Crippen LogP contribution is 2.29. The summed E-state index contributed by atoms with van der Waals surface area (Å²) in [6.07, 6.45) is 6.98. The van der Waals surface area contributed by atoms with Crippen LogP contribution in [0.5, 0.6) is 11.6 Å². The van der Waals surface area contributed by atoms with Crippen LogP contribution in [0.15, 0.2) is 85.5 Å². The minimum Gasteiger partial charge on any atom is -0.497 e. The van der Waals surface area contributed by atoms with Gasteiger partial charge in [0.25, 0.3) is 0 Å². The van der Waals surface area contributed by atoms with Gasteiger partial charge in [-0.25, -0.2) is 15.0 Å². The fraction of sp³-hybridized carbons (Fsp3) is 0.429. The van der Waals surface area contributed by atoms with Gasteiger partial charge >= 0.3 is 0 Å². The van der Waals surface area contributed by atoms with E-state index in [2.05, 4.69) is 81.9 Å². The monoisotopic (exact) mass is 764 g/mol. The molecule has 0 saturated carbocycles. The van der Waals surface area contributed by atoms with E-state index in [1.165, 1.54) is 0 Å². The van der Waals surface area contributed by atoms with Crippen molar-refractivity contribution in [2.45, 2.75) is 60.2 Å². The highest BCUT2D eigenvalue weighted by Gasteiger charge is 2.31. The number of pyridine rings is 2. The Morgan fingerprint density at radius 1 is 0.673 bits per heavy atom. The lowest BCUT2D eigenvalue weighted by Crippen LogP contribution is -2.56. The standard InChI is InChI=1S/C25H31N5O2.C17H22ClN5/c1-25(2,3)21-16-30(14-13-27-21)22-15-23(29-24(28-22)19-9-11-26-12-10-19)32-17-18-5-7-20(31-4)8-6-18;1-17(2,3)13-11-23(9-8-20-13)15-10-14(18)21-16(22-15)12-4-6-19-7-5-12/h5-12,15,21,27H,13-14,16-17H2,1-4H3;4-7,10,13,20H,8-9,11H2,1-3H3/t21-;13-/m11/s1. The van der Waals surface area contributed by atoms with Crippen LogP contribution in [-0.4, -0.2) is 88.4 Å². The van der Waals surface area contributed by atoms with Crippen molar-refractivity contribution in [1.82, 2.24) is 40.5 Å². The predicted octanol–water partition coefficient (Wildman–Crippen LogP) is 6.97. The van der Waals surface area contributed by atoms with Gasteiger partial charge in [-0.1, -0.05) is 65.3 Å². The number of anilines is 2. The van der Waals surface area contributed by atoms with E-state index in [9.17, 15) is 0 Å². The number of hydrogen-bond acceptors (Lipinski definition) is 12. The van der Waals surface area contributed by atoms with Crippen LogP contribution in [0.25, 0.3) is 22.8 Å². The van der Waals surface area contributed by atoms with Crippen LogP contribution in [0, 0.1) is 10.8 Å². The number of ether oxygens (including phenoxy) is 2. The van der Waals surface area contributed by atoms with Crippen LogP contribution in [0.4, 0.5) is 11.6 Å². The van der Waals surface area contributed by atoms with E-state index in [0.717, 1.165) is 73.3 Å². The largest absolute Gasteiger partial charge is 0.497 e. The summed E-state index contributed by atoms with van der Waals surface area (Å²) in [5.41, 5.74) is 3.24. The summed E-state index contributed by atoms with van der Waals surface area (Å²) in [6, 6.07) is 20.1. The molecule has 6 heterocycles. The molecule has 2 aliphatic rings. The Hall–Kier alpha value is -4.91. The van der Waals surface area contributed by atoms with Gasteiger partial charge in [-0.05, 0) is 52.8 Å². The lowest BCUT2D eigenvalue weighted by Gasteiger charge is -2.41. The number of rotatable bonds is 8.